The SMILES string of the molecule is NC12C[C@H]3C[C@H](C1)CC(Cl)(C3)C2. The molecule has 0 unspecified atom stereocenters. The van der Waals surface area contributed by atoms with E-state index in [-0.39, 0.29) is 10.4 Å². The van der Waals surface area contributed by atoms with Crippen LogP contribution in [-0.2, 0) is 0 Å². The van der Waals surface area contributed by atoms with Gasteiger partial charge >= 0.3 is 0 Å². The highest BCUT2D eigenvalue weighted by atomic mass is 35.5. The van der Waals surface area contributed by atoms with Gasteiger partial charge in [0.15, 0.2) is 0 Å². The molecule has 0 amide bonds. The van der Waals surface area contributed by atoms with Gasteiger partial charge in [0.1, 0.15) is 0 Å². The average molecular weight is 186 g/mol. The monoisotopic (exact) mass is 185 g/mol. The third-order valence-electron chi connectivity index (χ3n) is 4.03. The van der Waals surface area contributed by atoms with E-state index in [9.17, 15) is 0 Å². The van der Waals surface area contributed by atoms with Gasteiger partial charge in [0, 0.05) is 10.4 Å². The summed E-state index contributed by atoms with van der Waals surface area (Å²) in [4.78, 5) is 0.110. The molecule has 2 atom stereocenters. The van der Waals surface area contributed by atoms with E-state index in [0.29, 0.717) is 0 Å². The van der Waals surface area contributed by atoms with Crippen LogP contribution in [0.4, 0.5) is 0 Å². The van der Waals surface area contributed by atoms with Crippen LogP contribution in [0.3, 0.4) is 0 Å². The van der Waals surface area contributed by atoms with Gasteiger partial charge < -0.3 is 5.73 Å². The van der Waals surface area contributed by atoms with Gasteiger partial charge in [-0.25, -0.2) is 0 Å². The standard InChI is InChI=1S/C10H16ClN/c11-9-2-7-1-8(3-9)5-10(12,4-7)6-9/h7-8H,1-6,12H2/t7-,8-,9?,10?/m0/s1. The van der Waals surface area contributed by atoms with Crippen LogP contribution in [0.5, 0.6) is 0 Å². The summed E-state index contributed by atoms with van der Waals surface area (Å²) in [5.41, 5.74) is 6.45. The second-order valence-corrected chi connectivity index (χ2v) is 6.28. The topological polar surface area (TPSA) is 26.0 Å². The molecule has 4 rings (SSSR count). The lowest BCUT2D eigenvalue weighted by Gasteiger charge is -2.58. The molecule has 68 valence electrons. The lowest BCUT2D eigenvalue weighted by molar-refractivity contribution is 0.0146. The molecule has 4 aliphatic carbocycles. The predicted molar refractivity (Wildman–Crippen MR) is 50.2 cm³/mol. The molecule has 12 heavy (non-hydrogen) atoms. The summed E-state index contributed by atoms with van der Waals surface area (Å²) < 4.78 is 0. The molecule has 0 spiro atoms. The molecule has 0 radical (unpaired) electrons. The highest BCUT2D eigenvalue weighted by Crippen LogP contribution is 2.58. The predicted octanol–water partition coefficient (Wildman–Crippen LogP) is 2.28. The smallest absolute Gasteiger partial charge is 0.0469 e. The first kappa shape index (κ1) is 7.64. The van der Waals surface area contributed by atoms with Crippen molar-refractivity contribution in [3.8, 4) is 0 Å². The van der Waals surface area contributed by atoms with Crippen LogP contribution in [0, 0.1) is 11.8 Å². The first-order valence-corrected chi connectivity index (χ1v) is 5.43. The van der Waals surface area contributed by atoms with Gasteiger partial charge in [-0.3, -0.25) is 0 Å². The quantitative estimate of drug-likeness (QED) is 0.576. The first-order valence-electron chi connectivity index (χ1n) is 5.05. The van der Waals surface area contributed by atoms with Crippen molar-refractivity contribution in [1.29, 1.82) is 0 Å². The van der Waals surface area contributed by atoms with Gasteiger partial charge in [0.05, 0.1) is 0 Å². The van der Waals surface area contributed by atoms with Crippen molar-refractivity contribution in [3.05, 3.63) is 0 Å². The minimum Gasteiger partial charge on any atom is -0.325 e. The average Bonchev–Trinajstić information content (AvgIpc) is 1.75. The Morgan fingerprint density at radius 2 is 1.67 bits per heavy atom. The molecule has 4 bridgehead atoms. The summed E-state index contributed by atoms with van der Waals surface area (Å²) in [5.74, 6) is 1.71. The highest BCUT2D eigenvalue weighted by molar-refractivity contribution is 6.24. The van der Waals surface area contributed by atoms with Crippen LogP contribution in [0.2, 0.25) is 0 Å². The van der Waals surface area contributed by atoms with Gasteiger partial charge in [-0.05, 0) is 50.4 Å². The molecular weight excluding hydrogens is 170 g/mol. The van der Waals surface area contributed by atoms with Gasteiger partial charge in [0.25, 0.3) is 0 Å². The number of halogens is 1. The maximum Gasteiger partial charge on any atom is 0.0469 e. The maximum absolute atomic E-state index is 6.54. The Morgan fingerprint density at radius 1 is 1.08 bits per heavy atom. The molecule has 2 N–H and O–H groups in total. The fraction of sp³-hybridized carbons (Fsp3) is 1.00. The van der Waals surface area contributed by atoms with Gasteiger partial charge in [-0.1, -0.05) is 0 Å². The molecule has 0 saturated heterocycles. The van der Waals surface area contributed by atoms with Crippen LogP contribution in [0.15, 0.2) is 0 Å². The molecule has 0 heterocycles. The van der Waals surface area contributed by atoms with Crippen molar-refractivity contribution < 1.29 is 0 Å². The molecule has 0 aromatic carbocycles. The third kappa shape index (κ3) is 0.958. The summed E-state index contributed by atoms with van der Waals surface area (Å²) in [5, 5.41) is 0. The van der Waals surface area contributed by atoms with Crippen LogP contribution < -0.4 is 5.73 Å². The number of rotatable bonds is 0. The molecule has 4 aliphatic rings. The maximum atomic E-state index is 6.54. The Labute approximate surface area is 78.6 Å². The van der Waals surface area contributed by atoms with Crippen molar-refractivity contribution in [1.82, 2.24) is 0 Å². The van der Waals surface area contributed by atoms with Gasteiger partial charge in [-0.2, -0.15) is 0 Å². The first-order chi connectivity index (χ1) is 5.57. The Bertz CT molecular complexity index is 192. The number of hydrogen-bond donors (Lipinski definition) is 1. The molecular formula is C10H16ClN. The van der Waals surface area contributed by atoms with Crippen LogP contribution in [-0.4, -0.2) is 10.4 Å². The second kappa shape index (κ2) is 2.01. The van der Waals surface area contributed by atoms with E-state index in [2.05, 4.69) is 0 Å². The molecule has 0 aromatic rings. The Hall–Kier alpha value is 0.250. The lowest BCUT2D eigenvalue weighted by Crippen LogP contribution is -2.60. The summed E-state index contributed by atoms with van der Waals surface area (Å²) in [7, 11) is 0. The number of hydrogen-bond acceptors (Lipinski definition) is 1. The zero-order valence-corrected chi connectivity index (χ0v) is 8.11. The Kier molecular flexibility index (Phi) is 1.28. The zero-order valence-electron chi connectivity index (χ0n) is 7.35. The largest absolute Gasteiger partial charge is 0.325 e. The number of alkyl halides is 1. The molecule has 0 aliphatic heterocycles. The van der Waals surface area contributed by atoms with Crippen molar-refractivity contribution in [2.75, 3.05) is 0 Å². The summed E-state index contributed by atoms with van der Waals surface area (Å²) in [6, 6.07) is 0. The lowest BCUT2D eigenvalue weighted by atomic mass is 9.53. The van der Waals surface area contributed by atoms with Gasteiger partial charge in [-0.15, -0.1) is 11.6 Å². The van der Waals surface area contributed by atoms with E-state index in [4.69, 9.17) is 17.3 Å². The third-order valence-corrected chi connectivity index (χ3v) is 4.48. The zero-order chi connectivity index (χ0) is 8.40. The van der Waals surface area contributed by atoms with E-state index in [1.165, 1.54) is 32.1 Å². The summed E-state index contributed by atoms with van der Waals surface area (Å²) in [6.07, 6.45) is 7.46. The molecule has 4 saturated carbocycles. The minimum atomic E-state index is 0.110. The molecule has 1 nitrogen and oxygen atoms in total. The highest BCUT2D eigenvalue weighted by Gasteiger charge is 2.55. The van der Waals surface area contributed by atoms with Crippen LogP contribution in [0.25, 0.3) is 0 Å². The van der Waals surface area contributed by atoms with Crippen LogP contribution >= 0.6 is 11.6 Å². The van der Waals surface area contributed by atoms with E-state index >= 15 is 0 Å². The van der Waals surface area contributed by atoms with Crippen molar-refractivity contribution >= 4 is 11.6 Å². The van der Waals surface area contributed by atoms with E-state index in [1.54, 1.807) is 0 Å². The van der Waals surface area contributed by atoms with Crippen molar-refractivity contribution in [2.45, 2.75) is 48.9 Å². The van der Waals surface area contributed by atoms with Crippen molar-refractivity contribution in [2.24, 2.45) is 17.6 Å². The Morgan fingerprint density at radius 3 is 2.08 bits per heavy atom. The second-order valence-electron chi connectivity index (χ2n) is 5.47. The fourth-order valence-electron chi connectivity index (χ4n) is 4.22. The van der Waals surface area contributed by atoms with E-state index in [1.807, 2.05) is 0 Å². The van der Waals surface area contributed by atoms with Gasteiger partial charge in [0.2, 0.25) is 0 Å². The summed E-state index contributed by atoms with van der Waals surface area (Å²) in [6.45, 7) is 0. The fourth-order valence-corrected chi connectivity index (χ4v) is 4.92. The normalized spacial score (nSPS) is 62.5. The number of nitrogens with two attached hydrogens (primary N) is 1. The molecule has 4 fully saturated rings. The summed E-state index contributed by atoms with van der Waals surface area (Å²) >= 11 is 6.54. The van der Waals surface area contributed by atoms with E-state index in [0.717, 1.165) is 18.3 Å². The van der Waals surface area contributed by atoms with E-state index < -0.39 is 0 Å². The minimum absolute atomic E-state index is 0.110. The van der Waals surface area contributed by atoms with Crippen molar-refractivity contribution in [3.63, 3.8) is 0 Å². The molecule has 2 heteroatoms. The Balaban J connectivity index is 1.98. The van der Waals surface area contributed by atoms with Crippen LogP contribution in [0.1, 0.15) is 38.5 Å². The molecule has 0 aromatic heterocycles.